The van der Waals surface area contributed by atoms with E-state index in [-0.39, 0.29) is 23.8 Å². The van der Waals surface area contributed by atoms with Gasteiger partial charge in [0.25, 0.3) is 5.56 Å². The zero-order valence-electron chi connectivity index (χ0n) is 17.2. The van der Waals surface area contributed by atoms with Gasteiger partial charge in [-0.1, -0.05) is 43.7 Å². The van der Waals surface area contributed by atoms with Crippen molar-refractivity contribution < 1.29 is 9.21 Å². The number of nitrogens with two attached hydrogens (primary N) is 1. The van der Waals surface area contributed by atoms with E-state index >= 15 is 0 Å². The lowest BCUT2D eigenvalue weighted by molar-refractivity contribution is -0.118. The Morgan fingerprint density at radius 3 is 2.60 bits per heavy atom. The van der Waals surface area contributed by atoms with E-state index in [1.807, 2.05) is 49.4 Å². The molecule has 0 unspecified atom stereocenters. The second kappa shape index (κ2) is 9.30. The van der Waals surface area contributed by atoms with Crippen LogP contribution >= 0.6 is 0 Å². The van der Waals surface area contributed by atoms with Crippen LogP contribution < -0.4 is 21.9 Å². The Bertz CT molecular complexity index is 1130. The average Bonchev–Trinajstić information content (AvgIpc) is 3.21. The number of carbonyl (C=O) groups is 1. The van der Waals surface area contributed by atoms with E-state index in [4.69, 9.17) is 10.2 Å². The maximum Gasteiger partial charge on any atom is 0.330 e. The largest absolute Gasteiger partial charge is 0.461 e. The Morgan fingerprint density at radius 2 is 1.90 bits per heavy atom. The van der Waals surface area contributed by atoms with E-state index in [2.05, 4.69) is 4.98 Å². The molecule has 0 atom stereocenters. The number of anilines is 2. The van der Waals surface area contributed by atoms with Crippen LogP contribution in [0.3, 0.4) is 0 Å². The first-order valence-corrected chi connectivity index (χ1v) is 9.95. The standard InChI is InChI=1S/C22H26N4O4/c1-3-4-14-26-20(23)19(21(28)24-22(26)29)25(2)18(27)13-11-16-10-12-17(30-16)15-8-6-5-7-9-15/h5-10,12H,3-4,11,13-14,23H2,1-2H3,(H,24,28,29). The zero-order chi connectivity index (χ0) is 21.7. The summed E-state index contributed by atoms with van der Waals surface area (Å²) in [7, 11) is 1.48. The summed E-state index contributed by atoms with van der Waals surface area (Å²) < 4.78 is 7.12. The molecule has 0 radical (unpaired) electrons. The number of H-pyrrole nitrogens is 1. The molecule has 0 bridgehead atoms. The molecule has 0 aliphatic carbocycles. The number of amides is 1. The maximum absolute atomic E-state index is 12.7. The summed E-state index contributed by atoms with van der Waals surface area (Å²) >= 11 is 0. The fourth-order valence-electron chi connectivity index (χ4n) is 3.23. The highest BCUT2D eigenvalue weighted by Crippen LogP contribution is 2.23. The van der Waals surface area contributed by atoms with Crippen LogP contribution in [-0.4, -0.2) is 22.5 Å². The van der Waals surface area contributed by atoms with E-state index in [0.717, 1.165) is 24.2 Å². The molecular formula is C22H26N4O4. The number of hydrogen-bond donors (Lipinski definition) is 2. The van der Waals surface area contributed by atoms with Crippen LogP contribution in [0.2, 0.25) is 0 Å². The number of carbonyl (C=O) groups excluding carboxylic acids is 1. The van der Waals surface area contributed by atoms with Crippen LogP contribution in [0.4, 0.5) is 11.5 Å². The highest BCUT2D eigenvalue weighted by Gasteiger charge is 2.21. The number of furan rings is 1. The lowest BCUT2D eigenvalue weighted by atomic mass is 10.2. The van der Waals surface area contributed by atoms with Crippen LogP contribution in [0, 0.1) is 0 Å². The quantitative estimate of drug-likeness (QED) is 0.593. The van der Waals surface area contributed by atoms with Crippen LogP contribution in [0.25, 0.3) is 11.3 Å². The average molecular weight is 410 g/mol. The Balaban J connectivity index is 1.73. The van der Waals surface area contributed by atoms with Crippen LogP contribution in [0.1, 0.15) is 31.9 Å². The van der Waals surface area contributed by atoms with Crippen LogP contribution in [-0.2, 0) is 17.8 Å². The maximum atomic E-state index is 12.7. The van der Waals surface area contributed by atoms with Gasteiger partial charge in [-0.25, -0.2) is 4.79 Å². The van der Waals surface area contributed by atoms with Crippen molar-refractivity contribution in [3.8, 4) is 11.3 Å². The van der Waals surface area contributed by atoms with Gasteiger partial charge in [-0.3, -0.25) is 19.1 Å². The molecule has 2 heterocycles. The molecule has 3 N–H and O–H groups in total. The van der Waals surface area contributed by atoms with Crippen molar-refractivity contribution >= 4 is 17.4 Å². The molecule has 0 saturated heterocycles. The fourth-order valence-corrected chi connectivity index (χ4v) is 3.23. The molecule has 0 saturated carbocycles. The first-order valence-electron chi connectivity index (χ1n) is 9.95. The third-order valence-electron chi connectivity index (χ3n) is 4.96. The van der Waals surface area contributed by atoms with Crippen LogP contribution in [0.15, 0.2) is 56.5 Å². The molecule has 8 nitrogen and oxygen atoms in total. The summed E-state index contributed by atoms with van der Waals surface area (Å²) in [6.07, 6.45) is 2.10. The number of hydrogen-bond acceptors (Lipinski definition) is 5. The van der Waals surface area contributed by atoms with Crippen molar-refractivity contribution in [1.82, 2.24) is 9.55 Å². The minimum absolute atomic E-state index is 0.00240. The molecule has 1 aromatic carbocycles. The molecule has 30 heavy (non-hydrogen) atoms. The van der Waals surface area contributed by atoms with E-state index in [9.17, 15) is 14.4 Å². The first-order chi connectivity index (χ1) is 14.4. The highest BCUT2D eigenvalue weighted by atomic mass is 16.3. The summed E-state index contributed by atoms with van der Waals surface area (Å²) in [5.74, 6) is 1.10. The number of nitrogen functional groups attached to an aromatic ring is 1. The van der Waals surface area contributed by atoms with Crippen molar-refractivity contribution in [2.24, 2.45) is 0 Å². The van der Waals surface area contributed by atoms with Crippen molar-refractivity contribution in [2.75, 3.05) is 17.7 Å². The lowest BCUT2D eigenvalue weighted by Gasteiger charge is -2.20. The predicted molar refractivity (Wildman–Crippen MR) is 117 cm³/mol. The van der Waals surface area contributed by atoms with E-state index in [1.165, 1.54) is 16.5 Å². The van der Waals surface area contributed by atoms with Gasteiger partial charge in [0.05, 0.1) is 0 Å². The molecule has 3 aromatic rings. The van der Waals surface area contributed by atoms with E-state index in [1.54, 1.807) is 0 Å². The monoisotopic (exact) mass is 410 g/mol. The molecule has 0 fully saturated rings. The number of rotatable bonds is 8. The number of aryl methyl sites for hydroxylation is 1. The molecule has 0 aliphatic heterocycles. The number of benzene rings is 1. The van der Waals surface area contributed by atoms with Crippen molar-refractivity contribution in [2.45, 2.75) is 39.2 Å². The van der Waals surface area contributed by atoms with Gasteiger partial charge in [0.1, 0.15) is 17.3 Å². The third kappa shape index (κ3) is 4.53. The van der Waals surface area contributed by atoms with Gasteiger partial charge in [0, 0.05) is 32.0 Å². The molecule has 0 aliphatic rings. The zero-order valence-corrected chi connectivity index (χ0v) is 17.2. The molecule has 2 aromatic heterocycles. The number of unbranched alkanes of at least 4 members (excludes halogenated alkanes) is 1. The Labute approximate surface area is 173 Å². The van der Waals surface area contributed by atoms with Gasteiger partial charge >= 0.3 is 5.69 Å². The van der Waals surface area contributed by atoms with Gasteiger partial charge in [-0.15, -0.1) is 0 Å². The van der Waals surface area contributed by atoms with Gasteiger partial charge in [0.15, 0.2) is 5.69 Å². The fraction of sp³-hybridized carbons (Fsp3) is 0.318. The summed E-state index contributed by atoms with van der Waals surface area (Å²) in [5, 5.41) is 0. The molecule has 3 rings (SSSR count). The minimum atomic E-state index is -0.675. The molecular weight excluding hydrogens is 384 g/mol. The summed E-state index contributed by atoms with van der Waals surface area (Å²) in [4.78, 5) is 40.5. The van der Waals surface area contributed by atoms with Crippen molar-refractivity contribution in [3.63, 3.8) is 0 Å². The smallest absolute Gasteiger partial charge is 0.330 e. The predicted octanol–water partition coefficient (Wildman–Crippen LogP) is 2.77. The summed E-state index contributed by atoms with van der Waals surface area (Å²) in [6.45, 7) is 2.36. The number of nitrogens with one attached hydrogen (secondary N) is 1. The molecule has 0 spiro atoms. The topological polar surface area (TPSA) is 114 Å². The summed E-state index contributed by atoms with van der Waals surface area (Å²) in [6, 6.07) is 13.4. The molecule has 8 heteroatoms. The number of aromatic nitrogens is 2. The highest BCUT2D eigenvalue weighted by molar-refractivity contribution is 5.95. The molecule has 158 valence electrons. The van der Waals surface area contributed by atoms with E-state index < -0.39 is 11.2 Å². The van der Waals surface area contributed by atoms with Gasteiger partial charge in [-0.2, -0.15) is 0 Å². The van der Waals surface area contributed by atoms with Crippen molar-refractivity contribution in [3.05, 3.63) is 69.1 Å². The molecule has 1 amide bonds. The SMILES string of the molecule is CCCCn1c(N)c(N(C)C(=O)CCc2ccc(-c3ccccc3)o2)c(=O)[nH]c1=O. The second-order valence-corrected chi connectivity index (χ2v) is 7.08. The number of aromatic amines is 1. The number of nitrogens with zero attached hydrogens (tertiary/aromatic N) is 2. The Morgan fingerprint density at radius 1 is 1.17 bits per heavy atom. The van der Waals surface area contributed by atoms with E-state index in [0.29, 0.717) is 18.7 Å². The van der Waals surface area contributed by atoms with Gasteiger partial charge in [-0.05, 0) is 18.6 Å². The first kappa shape index (κ1) is 21.2. The van der Waals surface area contributed by atoms with Crippen LogP contribution in [0.5, 0.6) is 0 Å². The third-order valence-corrected chi connectivity index (χ3v) is 4.96. The van der Waals surface area contributed by atoms with Crippen molar-refractivity contribution in [1.29, 1.82) is 0 Å². The minimum Gasteiger partial charge on any atom is -0.461 e. The summed E-state index contributed by atoms with van der Waals surface area (Å²) in [5.41, 5.74) is 5.77. The van der Waals surface area contributed by atoms with Gasteiger partial charge in [0.2, 0.25) is 5.91 Å². The normalized spacial score (nSPS) is 10.9. The Hall–Kier alpha value is -3.55. The van der Waals surface area contributed by atoms with Gasteiger partial charge < -0.3 is 15.1 Å². The Kier molecular flexibility index (Phi) is 6.56. The second-order valence-electron chi connectivity index (χ2n) is 7.08. The lowest BCUT2D eigenvalue weighted by Crippen LogP contribution is -2.39.